The molecule has 0 saturated carbocycles. The molecule has 0 atom stereocenters. The molecule has 0 saturated heterocycles. The van der Waals surface area contributed by atoms with Crippen molar-refractivity contribution < 1.29 is 4.79 Å². The van der Waals surface area contributed by atoms with Gasteiger partial charge in [0.25, 0.3) is 0 Å². The average Bonchev–Trinajstić information content (AvgIpc) is 2.34. The summed E-state index contributed by atoms with van der Waals surface area (Å²) in [5.41, 5.74) is 0.874. The lowest BCUT2D eigenvalue weighted by atomic mass is 10.2. The molecule has 0 aromatic carbocycles. The van der Waals surface area contributed by atoms with Crippen LogP contribution in [0.2, 0.25) is 0 Å². The molecule has 17 heavy (non-hydrogen) atoms. The van der Waals surface area contributed by atoms with Gasteiger partial charge in [-0.2, -0.15) is 5.26 Å². The zero-order chi connectivity index (χ0) is 12.7. The van der Waals surface area contributed by atoms with Crippen molar-refractivity contribution in [2.24, 2.45) is 5.92 Å². The van der Waals surface area contributed by atoms with Crippen LogP contribution >= 0.6 is 0 Å². The molecule has 2 N–H and O–H groups in total. The highest BCUT2D eigenvalue weighted by molar-refractivity contribution is 5.81. The second-order valence-electron chi connectivity index (χ2n) is 4.06. The van der Waals surface area contributed by atoms with E-state index in [1.54, 1.807) is 18.3 Å². The van der Waals surface area contributed by atoms with E-state index in [0.29, 0.717) is 23.8 Å². The molecule has 1 amide bonds. The maximum absolute atomic E-state index is 11.4. The summed E-state index contributed by atoms with van der Waals surface area (Å²) in [7, 11) is 0. The molecule has 5 nitrogen and oxygen atoms in total. The van der Waals surface area contributed by atoms with E-state index in [0.717, 1.165) is 0 Å². The molecule has 1 aromatic heterocycles. The standard InChI is InChI=1S/C12H16N4O/c1-9(2)7-16-12(17)8-15-10-4-3-5-14-11(10)6-13/h3-5,9,15H,7-8H2,1-2H3,(H,16,17). The van der Waals surface area contributed by atoms with Crippen molar-refractivity contribution in [1.29, 1.82) is 5.26 Å². The quantitative estimate of drug-likeness (QED) is 0.798. The first-order valence-electron chi connectivity index (χ1n) is 5.49. The van der Waals surface area contributed by atoms with Crippen LogP contribution in [-0.4, -0.2) is 24.0 Å². The van der Waals surface area contributed by atoms with Crippen molar-refractivity contribution in [2.45, 2.75) is 13.8 Å². The highest BCUT2D eigenvalue weighted by atomic mass is 16.1. The first-order chi connectivity index (χ1) is 8.13. The van der Waals surface area contributed by atoms with Crippen molar-refractivity contribution >= 4 is 11.6 Å². The molecule has 1 heterocycles. The van der Waals surface area contributed by atoms with Gasteiger partial charge in [-0.3, -0.25) is 4.79 Å². The third-order valence-electron chi connectivity index (χ3n) is 2.06. The Labute approximate surface area is 101 Å². The van der Waals surface area contributed by atoms with Gasteiger partial charge in [-0.15, -0.1) is 0 Å². The molecular weight excluding hydrogens is 216 g/mol. The molecule has 0 unspecified atom stereocenters. The molecule has 0 bridgehead atoms. The Morgan fingerprint density at radius 2 is 2.35 bits per heavy atom. The smallest absolute Gasteiger partial charge is 0.239 e. The van der Waals surface area contributed by atoms with Gasteiger partial charge in [-0.1, -0.05) is 13.8 Å². The Balaban J connectivity index is 2.45. The molecule has 1 rings (SSSR count). The Morgan fingerprint density at radius 3 is 3.00 bits per heavy atom. The van der Waals surface area contributed by atoms with Crippen molar-refractivity contribution in [1.82, 2.24) is 10.3 Å². The number of nitriles is 1. The monoisotopic (exact) mass is 232 g/mol. The van der Waals surface area contributed by atoms with E-state index < -0.39 is 0 Å². The van der Waals surface area contributed by atoms with Crippen LogP contribution in [0.1, 0.15) is 19.5 Å². The highest BCUT2D eigenvalue weighted by Gasteiger charge is 2.05. The van der Waals surface area contributed by atoms with Gasteiger partial charge in [-0.25, -0.2) is 4.98 Å². The van der Waals surface area contributed by atoms with Gasteiger partial charge in [0.1, 0.15) is 6.07 Å². The minimum atomic E-state index is -0.0913. The lowest BCUT2D eigenvalue weighted by Gasteiger charge is -2.09. The second kappa shape index (κ2) is 6.48. The van der Waals surface area contributed by atoms with Crippen molar-refractivity contribution in [3.05, 3.63) is 24.0 Å². The van der Waals surface area contributed by atoms with E-state index in [1.807, 2.05) is 19.9 Å². The predicted octanol–water partition coefficient (Wildman–Crippen LogP) is 1.14. The summed E-state index contributed by atoms with van der Waals surface area (Å²) < 4.78 is 0. The average molecular weight is 232 g/mol. The van der Waals surface area contributed by atoms with E-state index in [2.05, 4.69) is 15.6 Å². The van der Waals surface area contributed by atoms with Gasteiger partial charge in [0.15, 0.2) is 5.69 Å². The zero-order valence-electron chi connectivity index (χ0n) is 10.0. The molecule has 0 fully saturated rings. The lowest BCUT2D eigenvalue weighted by Crippen LogP contribution is -2.32. The fourth-order valence-corrected chi connectivity index (χ4v) is 1.19. The van der Waals surface area contributed by atoms with Gasteiger partial charge in [0.05, 0.1) is 12.2 Å². The predicted molar refractivity (Wildman–Crippen MR) is 65.3 cm³/mol. The number of nitrogens with zero attached hydrogens (tertiary/aromatic N) is 2. The minimum Gasteiger partial charge on any atom is -0.374 e. The van der Waals surface area contributed by atoms with Crippen LogP contribution < -0.4 is 10.6 Å². The summed E-state index contributed by atoms with van der Waals surface area (Å²) in [6, 6.07) is 5.41. The van der Waals surface area contributed by atoms with Crippen molar-refractivity contribution in [3.63, 3.8) is 0 Å². The van der Waals surface area contributed by atoms with Crippen LogP contribution in [-0.2, 0) is 4.79 Å². The zero-order valence-corrected chi connectivity index (χ0v) is 10.0. The number of aromatic nitrogens is 1. The van der Waals surface area contributed by atoms with Crippen LogP contribution in [0.25, 0.3) is 0 Å². The number of amides is 1. The summed E-state index contributed by atoms with van der Waals surface area (Å²) in [4.78, 5) is 15.3. The first kappa shape index (κ1) is 13.0. The Kier molecular flexibility index (Phi) is 4.95. The third kappa shape index (κ3) is 4.51. The highest BCUT2D eigenvalue weighted by Crippen LogP contribution is 2.09. The molecule has 0 aliphatic rings. The first-order valence-corrected chi connectivity index (χ1v) is 5.49. The molecule has 1 aromatic rings. The SMILES string of the molecule is CC(C)CNC(=O)CNc1cccnc1C#N. The number of carbonyl (C=O) groups is 1. The largest absolute Gasteiger partial charge is 0.374 e. The molecule has 90 valence electrons. The molecule has 0 aliphatic heterocycles. The molecule has 0 aliphatic carbocycles. The third-order valence-corrected chi connectivity index (χ3v) is 2.06. The van der Waals surface area contributed by atoms with Gasteiger partial charge < -0.3 is 10.6 Å². The maximum atomic E-state index is 11.4. The number of nitrogens with one attached hydrogen (secondary N) is 2. The number of rotatable bonds is 5. The summed E-state index contributed by atoms with van der Waals surface area (Å²) in [6.45, 7) is 4.86. The summed E-state index contributed by atoms with van der Waals surface area (Å²) in [5.74, 6) is 0.332. The summed E-state index contributed by atoms with van der Waals surface area (Å²) >= 11 is 0. The minimum absolute atomic E-state index is 0.0913. The summed E-state index contributed by atoms with van der Waals surface area (Å²) in [6.07, 6.45) is 1.54. The molecule has 5 heteroatoms. The van der Waals surface area contributed by atoms with Gasteiger partial charge in [0.2, 0.25) is 5.91 Å². The van der Waals surface area contributed by atoms with Gasteiger partial charge in [0, 0.05) is 12.7 Å². The van der Waals surface area contributed by atoms with E-state index >= 15 is 0 Å². The summed E-state index contributed by atoms with van der Waals surface area (Å²) in [5, 5.41) is 14.5. The maximum Gasteiger partial charge on any atom is 0.239 e. The Morgan fingerprint density at radius 1 is 1.59 bits per heavy atom. The molecule has 0 radical (unpaired) electrons. The van der Waals surface area contributed by atoms with E-state index in [-0.39, 0.29) is 12.5 Å². The lowest BCUT2D eigenvalue weighted by molar-refractivity contribution is -0.119. The van der Waals surface area contributed by atoms with E-state index in [1.165, 1.54) is 0 Å². The fourth-order valence-electron chi connectivity index (χ4n) is 1.19. The second-order valence-corrected chi connectivity index (χ2v) is 4.06. The Hall–Kier alpha value is -2.09. The normalized spacial score (nSPS) is 9.76. The number of anilines is 1. The van der Waals surface area contributed by atoms with Crippen molar-refractivity contribution in [3.8, 4) is 6.07 Å². The fraction of sp³-hybridized carbons (Fsp3) is 0.417. The van der Waals surface area contributed by atoms with Crippen LogP contribution in [0.5, 0.6) is 0 Å². The van der Waals surface area contributed by atoms with Crippen LogP contribution in [0.4, 0.5) is 5.69 Å². The van der Waals surface area contributed by atoms with Crippen molar-refractivity contribution in [2.75, 3.05) is 18.4 Å². The number of carbonyl (C=O) groups excluding carboxylic acids is 1. The number of hydrogen-bond acceptors (Lipinski definition) is 4. The van der Waals surface area contributed by atoms with Crippen LogP contribution in [0.3, 0.4) is 0 Å². The molecular formula is C12H16N4O. The number of pyridine rings is 1. The van der Waals surface area contributed by atoms with Crippen LogP contribution in [0, 0.1) is 17.2 Å². The topological polar surface area (TPSA) is 77.8 Å². The number of hydrogen-bond donors (Lipinski definition) is 2. The van der Waals surface area contributed by atoms with Crippen LogP contribution in [0.15, 0.2) is 18.3 Å². The van der Waals surface area contributed by atoms with E-state index in [4.69, 9.17) is 5.26 Å². The Bertz CT molecular complexity index is 423. The van der Waals surface area contributed by atoms with E-state index in [9.17, 15) is 4.79 Å². The van der Waals surface area contributed by atoms with Gasteiger partial charge in [-0.05, 0) is 18.1 Å². The molecule has 0 spiro atoms. The van der Waals surface area contributed by atoms with Gasteiger partial charge >= 0.3 is 0 Å².